The molecule has 5 nitrogen and oxygen atoms in total. The number of aromatic nitrogens is 1. The number of thiophene rings is 1. The van der Waals surface area contributed by atoms with Gasteiger partial charge in [-0.05, 0) is 48.4 Å². The standard InChI is InChI=1S/C19H19N3O2S.Ar/c1-11-12(3-4-18(21-11)22-9-14-6-15(14)10-22)5-13-7-16(19(23)24-2)25-17(13)8-20;/h3-4,7,14-15H,5-6,9-10H2,1-2H3;. The van der Waals surface area contributed by atoms with E-state index in [2.05, 4.69) is 23.1 Å². The summed E-state index contributed by atoms with van der Waals surface area (Å²) < 4.78 is 4.75. The summed E-state index contributed by atoms with van der Waals surface area (Å²) in [6, 6.07) is 8.11. The average molecular weight is 393 g/mol. The third-order valence-corrected chi connectivity index (χ3v) is 6.22. The minimum Gasteiger partial charge on any atom is -0.465 e. The molecule has 26 heavy (non-hydrogen) atoms. The zero-order valence-corrected chi connectivity index (χ0v) is 16.2. The maximum Gasteiger partial charge on any atom is 0.348 e. The fourth-order valence-corrected chi connectivity index (χ4v) is 4.48. The molecule has 2 fully saturated rings. The number of rotatable bonds is 4. The van der Waals surface area contributed by atoms with Gasteiger partial charge in [-0.2, -0.15) is 5.26 Å². The van der Waals surface area contributed by atoms with E-state index in [0.29, 0.717) is 16.2 Å². The van der Waals surface area contributed by atoms with Crippen molar-refractivity contribution in [3.8, 4) is 6.07 Å². The minimum atomic E-state index is -0.398. The second kappa shape index (κ2) is 7.85. The van der Waals surface area contributed by atoms with Crippen LogP contribution in [0.4, 0.5) is 5.82 Å². The largest absolute Gasteiger partial charge is 0.465 e. The third kappa shape index (κ3) is 3.77. The summed E-state index contributed by atoms with van der Waals surface area (Å²) >= 11 is 1.18. The van der Waals surface area contributed by atoms with Crippen molar-refractivity contribution in [3.05, 3.63) is 44.8 Å². The number of nitriles is 1. The number of nitrogens with zero attached hydrogens (tertiary/aromatic N) is 3. The first-order valence-corrected chi connectivity index (χ1v) is 9.23. The van der Waals surface area contributed by atoms with Gasteiger partial charge in [0.2, 0.25) is 0 Å². The van der Waals surface area contributed by atoms with E-state index in [-0.39, 0.29) is 37.7 Å². The molecule has 0 N–H and O–H groups in total. The molecule has 0 amide bonds. The fraction of sp³-hybridized carbons (Fsp3) is 0.421. The number of esters is 1. The number of piperidine rings is 1. The molecule has 7 heteroatoms. The van der Waals surface area contributed by atoms with Crippen molar-refractivity contribution >= 4 is 23.1 Å². The molecule has 4 rings (SSSR count). The summed E-state index contributed by atoms with van der Waals surface area (Å²) in [7, 11) is 1.35. The Kier molecular flexibility index (Phi) is 5.93. The Morgan fingerprint density at radius 2 is 2.12 bits per heavy atom. The van der Waals surface area contributed by atoms with E-state index in [4.69, 9.17) is 9.72 Å². The van der Waals surface area contributed by atoms with Gasteiger partial charge >= 0.3 is 5.97 Å². The quantitative estimate of drug-likeness (QED) is 0.747. The second-order valence-corrected chi connectivity index (χ2v) is 7.87. The number of aryl methyl sites for hydroxylation is 1. The summed E-state index contributed by atoms with van der Waals surface area (Å²) in [6.45, 7) is 4.26. The molecular weight excluding hydrogens is 374 g/mol. The van der Waals surface area contributed by atoms with Crippen LogP contribution in [0.25, 0.3) is 0 Å². The van der Waals surface area contributed by atoms with Gasteiger partial charge in [0.05, 0.1) is 7.11 Å². The van der Waals surface area contributed by atoms with E-state index >= 15 is 0 Å². The van der Waals surface area contributed by atoms with Crippen LogP contribution in [0.5, 0.6) is 0 Å². The molecule has 2 aliphatic rings. The van der Waals surface area contributed by atoms with E-state index in [1.807, 2.05) is 6.92 Å². The van der Waals surface area contributed by atoms with E-state index in [1.165, 1.54) is 24.9 Å². The van der Waals surface area contributed by atoms with Crippen LogP contribution in [0.1, 0.15) is 37.8 Å². The van der Waals surface area contributed by atoms with Crippen molar-refractivity contribution < 1.29 is 47.3 Å². The molecule has 136 valence electrons. The van der Waals surface area contributed by atoms with Gasteiger partial charge in [0.1, 0.15) is 21.6 Å². The van der Waals surface area contributed by atoms with Crippen LogP contribution in [0.3, 0.4) is 0 Å². The number of ether oxygens (including phenoxy) is 1. The molecule has 2 aromatic heterocycles. The summed E-state index contributed by atoms with van der Waals surface area (Å²) in [6.07, 6.45) is 1.98. The molecule has 0 radical (unpaired) electrons. The van der Waals surface area contributed by atoms with Crippen molar-refractivity contribution in [3.63, 3.8) is 0 Å². The molecule has 3 heterocycles. The SMILES string of the molecule is COC(=O)c1cc(Cc2ccc(N3CC4CC4C3)nc2C)c(C#N)s1.[Ar]. The van der Waals surface area contributed by atoms with Crippen LogP contribution in [-0.4, -0.2) is 31.2 Å². The molecule has 0 bridgehead atoms. The van der Waals surface area contributed by atoms with Gasteiger partial charge in [0, 0.05) is 62.9 Å². The predicted molar refractivity (Wildman–Crippen MR) is 96.0 cm³/mol. The summed E-state index contributed by atoms with van der Waals surface area (Å²) in [5.74, 6) is 2.41. The molecule has 2 aromatic rings. The van der Waals surface area contributed by atoms with Crippen LogP contribution < -0.4 is 4.90 Å². The number of anilines is 1. The van der Waals surface area contributed by atoms with E-state index in [0.717, 1.165) is 47.6 Å². The van der Waals surface area contributed by atoms with Gasteiger partial charge in [-0.15, -0.1) is 11.3 Å². The second-order valence-electron chi connectivity index (χ2n) is 6.82. The maximum absolute atomic E-state index is 11.7. The normalized spacial score (nSPS) is 20.1. The third-order valence-electron chi connectivity index (χ3n) is 5.16. The van der Waals surface area contributed by atoms with Crippen molar-refractivity contribution in [2.45, 2.75) is 19.8 Å². The van der Waals surface area contributed by atoms with Crippen LogP contribution in [0, 0.1) is 67.8 Å². The van der Waals surface area contributed by atoms with Crippen molar-refractivity contribution in [2.75, 3.05) is 25.1 Å². The van der Waals surface area contributed by atoms with Crippen LogP contribution in [0.15, 0.2) is 18.2 Å². The number of methoxy groups -OCH3 is 1. The Hall–Kier alpha value is -1.13. The number of fused-ring (bicyclic) bond motifs is 1. The van der Waals surface area contributed by atoms with E-state index < -0.39 is 5.97 Å². The van der Waals surface area contributed by atoms with Crippen molar-refractivity contribution in [1.29, 1.82) is 5.26 Å². The number of hydrogen-bond donors (Lipinski definition) is 0. The number of carbonyl (C=O) groups is 1. The monoisotopic (exact) mass is 393 g/mol. The molecule has 0 spiro atoms. The molecule has 1 saturated carbocycles. The molecular formula is C19H19ArN3O2S. The molecule has 0 aromatic carbocycles. The Morgan fingerprint density at radius 3 is 2.73 bits per heavy atom. The molecule has 2 unspecified atom stereocenters. The number of hydrogen-bond acceptors (Lipinski definition) is 6. The molecule has 1 aliphatic heterocycles. The van der Waals surface area contributed by atoms with Gasteiger partial charge in [-0.1, -0.05) is 6.07 Å². The molecule has 1 saturated heterocycles. The molecule has 2 atom stereocenters. The predicted octanol–water partition coefficient (Wildman–Crippen LogP) is 3.16. The minimum absolute atomic E-state index is 0. The van der Waals surface area contributed by atoms with Gasteiger partial charge in [0.25, 0.3) is 0 Å². The molecule has 1 aliphatic carbocycles. The van der Waals surface area contributed by atoms with E-state index in [1.54, 1.807) is 6.07 Å². The zero-order chi connectivity index (χ0) is 17.6. The number of carbonyl (C=O) groups excluding carboxylic acids is 1. The summed E-state index contributed by atoms with van der Waals surface area (Å²) in [4.78, 5) is 19.9. The Labute approximate surface area is 187 Å². The summed E-state index contributed by atoms with van der Waals surface area (Å²) in [5, 5.41) is 9.34. The van der Waals surface area contributed by atoms with Gasteiger partial charge in [-0.25, -0.2) is 9.78 Å². The van der Waals surface area contributed by atoms with Gasteiger partial charge < -0.3 is 9.64 Å². The zero-order valence-electron chi connectivity index (χ0n) is 14.6. The van der Waals surface area contributed by atoms with Gasteiger partial charge in [0.15, 0.2) is 0 Å². The van der Waals surface area contributed by atoms with Crippen molar-refractivity contribution in [2.24, 2.45) is 11.8 Å². The topological polar surface area (TPSA) is 66.2 Å². The average Bonchev–Trinajstić information content (AvgIpc) is 3.05. The summed E-state index contributed by atoms with van der Waals surface area (Å²) in [5.41, 5.74) is 2.92. The van der Waals surface area contributed by atoms with Crippen LogP contribution >= 0.6 is 11.3 Å². The van der Waals surface area contributed by atoms with Crippen LogP contribution in [-0.2, 0) is 11.2 Å². The maximum atomic E-state index is 11.7. The smallest absolute Gasteiger partial charge is 0.348 e. The first-order chi connectivity index (χ1) is 12.1. The Bertz CT molecular complexity index is 879. The Balaban J connectivity index is 0.00000196. The Morgan fingerprint density at radius 1 is 1.38 bits per heavy atom. The van der Waals surface area contributed by atoms with Gasteiger partial charge in [-0.3, -0.25) is 0 Å². The van der Waals surface area contributed by atoms with Crippen molar-refractivity contribution in [1.82, 2.24) is 4.98 Å². The van der Waals surface area contributed by atoms with E-state index in [9.17, 15) is 10.1 Å². The first kappa shape index (κ1) is 19.6. The fourth-order valence-electron chi connectivity index (χ4n) is 3.59. The number of pyridine rings is 1. The van der Waals surface area contributed by atoms with Crippen LogP contribution in [0.2, 0.25) is 0 Å². The first-order valence-electron chi connectivity index (χ1n) is 8.41.